The van der Waals surface area contributed by atoms with Crippen LogP contribution in [0, 0.1) is 0 Å². The van der Waals surface area contributed by atoms with Crippen LogP contribution in [0.1, 0.15) is 10.9 Å². The van der Waals surface area contributed by atoms with Crippen LogP contribution in [-0.2, 0) is 0 Å². The van der Waals surface area contributed by atoms with Gasteiger partial charge in [0.15, 0.2) is 11.5 Å². The maximum absolute atomic E-state index is 12.9. The molecule has 1 saturated heterocycles. The molecule has 2 aliphatic rings. The highest BCUT2D eigenvalue weighted by atomic mass is 32.2. The van der Waals surface area contributed by atoms with E-state index in [9.17, 15) is 4.79 Å². The summed E-state index contributed by atoms with van der Waals surface area (Å²) in [7, 11) is 3.15. The lowest BCUT2D eigenvalue weighted by Crippen LogP contribution is -2.34. The zero-order valence-corrected chi connectivity index (χ0v) is 15.9. The number of urea groups is 1. The van der Waals surface area contributed by atoms with E-state index in [0.29, 0.717) is 23.7 Å². The van der Waals surface area contributed by atoms with Crippen molar-refractivity contribution in [1.82, 2.24) is 4.90 Å². The van der Waals surface area contributed by atoms with Crippen LogP contribution >= 0.6 is 11.8 Å². The predicted octanol–water partition coefficient (Wildman–Crippen LogP) is 3.71. The number of rotatable bonds is 4. The van der Waals surface area contributed by atoms with Crippen LogP contribution in [0.25, 0.3) is 0 Å². The average Bonchev–Trinajstić information content (AvgIpc) is 3.36. The molecule has 4 rings (SSSR count). The van der Waals surface area contributed by atoms with Crippen molar-refractivity contribution in [3.8, 4) is 23.0 Å². The molecule has 0 spiro atoms. The highest BCUT2D eigenvalue weighted by Gasteiger charge is 2.32. The summed E-state index contributed by atoms with van der Waals surface area (Å²) in [6, 6.07) is 10.9. The fourth-order valence-electron chi connectivity index (χ4n) is 3.11. The molecule has 2 aromatic rings. The molecule has 0 radical (unpaired) electrons. The molecule has 1 N–H and O–H groups in total. The van der Waals surface area contributed by atoms with E-state index < -0.39 is 0 Å². The molecule has 0 aliphatic carbocycles. The second-order valence-corrected chi connectivity index (χ2v) is 7.21. The standard InChI is InChI=1S/C19H20N2O5S/c1-23-13-4-5-14(16(10-13)24-2)20-19(22)21-7-8-27-18(21)12-3-6-15-17(9-12)26-11-25-15/h3-6,9-10,18H,7-8,11H2,1-2H3,(H,20,22). The molecule has 2 aromatic carbocycles. The average molecular weight is 388 g/mol. The largest absolute Gasteiger partial charge is 0.497 e. The highest BCUT2D eigenvalue weighted by molar-refractivity contribution is 7.99. The first-order valence-electron chi connectivity index (χ1n) is 8.50. The first-order valence-corrected chi connectivity index (χ1v) is 9.55. The van der Waals surface area contributed by atoms with Crippen LogP contribution < -0.4 is 24.3 Å². The predicted molar refractivity (Wildman–Crippen MR) is 103 cm³/mol. The van der Waals surface area contributed by atoms with Gasteiger partial charge in [0.2, 0.25) is 6.79 Å². The third-order valence-corrected chi connectivity index (χ3v) is 5.74. The minimum atomic E-state index is -0.175. The van der Waals surface area contributed by atoms with Gasteiger partial charge in [0.1, 0.15) is 16.9 Å². The summed E-state index contributed by atoms with van der Waals surface area (Å²) >= 11 is 1.72. The molecule has 0 aromatic heterocycles. The zero-order chi connectivity index (χ0) is 18.8. The second kappa shape index (κ2) is 7.48. The summed E-state index contributed by atoms with van der Waals surface area (Å²) in [6.45, 7) is 0.895. The fourth-order valence-corrected chi connectivity index (χ4v) is 4.36. The monoisotopic (exact) mass is 388 g/mol. The summed E-state index contributed by atoms with van der Waals surface area (Å²) in [5, 5.41) is 2.86. The lowest BCUT2D eigenvalue weighted by Gasteiger charge is -2.25. The van der Waals surface area contributed by atoms with Gasteiger partial charge in [0.05, 0.1) is 19.9 Å². The van der Waals surface area contributed by atoms with Gasteiger partial charge in [-0.15, -0.1) is 11.8 Å². The van der Waals surface area contributed by atoms with Crippen LogP contribution in [0.15, 0.2) is 36.4 Å². The van der Waals surface area contributed by atoms with Crippen molar-refractivity contribution in [2.75, 3.05) is 38.6 Å². The number of amides is 2. The Balaban J connectivity index is 1.53. The number of fused-ring (bicyclic) bond motifs is 1. The van der Waals surface area contributed by atoms with Crippen LogP contribution in [0.5, 0.6) is 23.0 Å². The minimum absolute atomic E-state index is 0.0799. The molecule has 2 aliphatic heterocycles. The number of nitrogens with one attached hydrogen (secondary N) is 1. The van der Waals surface area contributed by atoms with Gasteiger partial charge in [-0.3, -0.25) is 0 Å². The summed E-state index contributed by atoms with van der Waals surface area (Å²) in [5.41, 5.74) is 1.61. The Morgan fingerprint density at radius 2 is 2.00 bits per heavy atom. The first kappa shape index (κ1) is 17.7. The van der Waals surface area contributed by atoms with Gasteiger partial charge in [-0.05, 0) is 29.8 Å². The fraction of sp³-hybridized carbons (Fsp3) is 0.316. The minimum Gasteiger partial charge on any atom is -0.497 e. The Labute approximate surface area is 161 Å². The van der Waals surface area contributed by atoms with Crippen molar-refractivity contribution in [2.24, 2.45) is 0 Å². The van der Waals surface area contributed by atoms with E-state index >= 15 is 0 Å². The number of hydrogen-bond acceptors (Lipinski definition) is 6. The molecular weight excluding hydrogens is 368 g/mol. The van der Waals surface area contributed by atoms with Gasteiger partial charge >= 0.3 is 6.03 Å². The van der Waals surface area contributed by atoms with Crippen molar-refractivity contribution in [1.29, 1.82) is 0 Å². The molecule has 0 bridgehead atoms. The summed E-state index contributed by atoms with van der Waals surface area (Å²) in [5.74, 6) is 3.54. The van der Waals surface area contributed by atoms with Gasteiger partial charge in [-0.25, -0.2) is 4.79 Å². The number of hydrogen-bond donors (Lipinski definition) is 1. The number of benzene rings is 2. The lowest BCUT2D eigenvalue weighted by molar-refractivity contribution is 0.174. The molecule has 8 heteroatoms. The Hall–Kier alpha value is -2.74. The van der Waals surface area contributed by atoms with Gasteiger partial charge in [0, 0.05) is 18.4 Å². The highest BCUT2D eigenvalue weighted by Crippen LogP contribution is 2.42. The summed E-state index contributed by atoms with van der Waals surface area (Å²) < 4.78 is 21.4. The van der Waals surface area contributed by atoms with E-state index in [2.05, 4.69) is 5.32 Å². The van der Waals surface area contributed by atoms with E-state index in [1.807, 2.05) is 23.1 Å². The van der Waals surface area contributed by atoms with Gasteiger partial charge < -0.3 is 29.2 Å². The van der Waals surface area contributed by atoms with Crippen molar-refractivity contribution in [3.05, 3.63) is 42.0 Å². The van der Waals surface area contributed by atoms with Crippen LogP contribution in [0.2, 0.25) is 0 Å². The maximum Gasteiger partial charge on any atom is 0.323 e. The number of nitrogens with zero attached hydrogens (tertiary/aromatic N) is 1. The molecule has 2 heterocycles. The zero-order valence-electron chi connectivity index (χ0n) is 15.1. The topological polar surface area (TPSA) is 69.3 Å². The van der Waals surface area contributed by atoms with Crippen LogP contribution in [0.4, 0.5) is 10.5 Å². The van der Waals surface area contributed by atoms with Crippen molar-refractivity contribution < 1.29 is 23.7 Å². The Kier molecular flexibility index (Phi) is 4.89. The third kappa shape index (κ3) is 3.44. The molecule has 7 nitrogen and oxygen atoms in total. The molecular formula is C19H20N2O5S. The maximum atomic E-state index is 12.9. The number of thioether (sulfide) groups is 1. The number of carbonyl (C=O) groups is 1. The van der Waals surface area contributed by atoms with Gasteiger partial charge in [0.25, 0.3) is 0 Å². The van der Waals surface area contributed by atoms with Crippen molar-refractivity contribution in [3.63, 3.8) is 0 Å². The second-order valence-electron chi connectivity index (χ2n) is 6.03. The van der Waals surface area contributed by atoms with Crippen LogP contribution in [-0.4, -0.2) is 44.2 Å². The van der Waals surface area contributed by atoms with E-state index in [1.54, 1.807) is 44.2 Å². The Morgan fingerprint density at radius 1 is 1.15 bits per heavy atom. The number of ether oxygens (including phenoxy) is 4. The molecule has 1 unspecified atom stereocenters. The first-order chi connectivity index (χ1) is 13.2. The number of methoxy groups -OCH3 is 2. The van der Waals surface area contributed by atoms with E-state index in [4.69, 9.17) is 18.9 Å². The van der Waals surface area contributed by atoms with E-state index in [0.717, 1.165) is 22.8 Å². The lowest BCUT2D eigenvalue weighted by atomic mass is 10.2. The molecule has 27 heavy (non-hydrogen) atoms. The van der Waals surface area contributed by atoms with Crippen molar-refractivity contribution in [2.45, 2.75) is 5.37 Å². The third-order valence-electron chi connectivity index (χ3n) is 4.48. The number of anilines is 1. The summed E-state index contributed by atoms with van der Waals surface area (Å²) in [6.07, 6.45) is 0. The van der Waals surface area contributed by atoms with Gasteiger partial charge in [-0.2, -0.15) is 0 Å². The molecule has 1 fully saturated rings. The normalized spacial score (nSPS) is 17.7. The Bertz CT molecular complexity index is 860. The SMILES string of the molecule is COc1ccc(NC(=O)N2CCSC2c2ccc3c(c2)OCO3)c(OC)c1. The van der Waals surface area contributed by atoms with E-state index in [1.165, 1.54) is 0 Å². The molecule has 142 valence electrons. The molecule has 0 saturated carbocycles. The molecule has 2 amide bonds. The van der Waals surface area contributed by atoms with Crippen molar-refractivity contribution >= 4 is 23.5 Å². The molecule has 1 atom stereocenters. The quantitative estimate of drug-likeness (QED) is 0.861. The van der Waals surface area contributed by atoms with Gasteiger partial charge in [-0.1, -0.05) is 6.07 Å². The number of carbonyl (C=O) groups excluding carboxylic acids is 1. The Morgan fingerprint density at radius 3 is 2.81 bits per heavy atom. The smallest absolute Gasteiger partial charge is 0.323 e. The van der Waals surface area contributed by atoms with E-state index in [-0.39, 0.29) is 18.2 Å². The van der Waals surface area contributed by atoms with Crippen LogP contribution in [0.3, 0.4) is 0 Å². The summed E-state index contributed by atoms with van der Waals surface area (Å²) in [4.78, 5) is 14.7.